The lowest BCUT2D eigenvalue weighted by Crippen LogP contribution is -2.36. The molecule has 1 atom stereocenters. The van der Waals surface area contributed by atoms with Crippen molar-refractivity contribution in [1.82, 2.24) is 5.43 Å². The average Bonchev–Trinajstić information content (AvgIpc) is 2.10. The minimum absolute atomic E-state index is 0.350. The molecule has 0 aromatic rings. The minimum Gasteiger partial charge on any atom is -0.382 e. The van der Waals surface area contributed by atoms with E-state index in [0.717, 1.165) is 32.5 Å². The van der Waals surface area contributed by atoms with Crippen LogP contribution >= 0.6 is 0 Å². The van der Waals surface area contributed by atoms with Gasteiger partial charge < -0.3 is 4.74 Å². The molecule has 0 rings (SSSR count). The standard InChI is InChI=1S/C10H22N2O/c1-4-13-8-7-10(12-11)6-5-9(2)3/h10,12H,2,4-8,11H2,1,3H3. The second kappa shape index (κ2) is 8.23. The summed E-state index contributed by atoms with van der Waals surface area (Å²) >= 11 is 0. The first-order valence-electron chi connectivity index (χ1n) is 4.89. The highest BCUT2D eigenvalue weighted by Crippen LogP contribution is 2.06. The zero-order valence-corrected chi connectivity index (χ0v) is 8.81. The van der Waals surface area contributed by atoms with E-state index in [0.29, 0.717) is 6.04 Å². The lowest BCUT2D eigenvalue weighted by atomic mass is 10.1. The third kappa shape index (κ3) is 7.96. The van der Waals surface area contributed by atoms with Crippen molar-refractivity contribution in [2.75, 3.05) is 13.2 Å². The molecule has 0 aromatic heterocycles. The SMILES string of the molecule is C=C(C)CCC(CCOCC)NN. The summed E-state index contributed by atoms with van der Waals surface area (Å²) in [5.41, 5.74) is 4.00. The Balaban J connectivity index is 3.45. The Morgan fingerprint density at radius 1 is 1.54 bits per heavy atom. The summed E-state index contributed by atoms with van der Waals surface area (Å²) in [6.45, 7) is 9.45. The number of allylic oxidation sites excluding steroid dienone is 1. The van der Waals surface area contributed by atoms with E-state index in [1.165, 1.54) is 5.57 Å². The highest BCUT2D eigenvalue weighted by molar-refractivity contribution is 4.88. The molecule has 0 spiro atoms. The van der Waals surface area contributed by atoms with Crippen LogP contribution in [0.5, 0.6) is 0 Å². The average molecular weight is 186 g/mol. The molecule has 0 saturated carbocycles. The molecule has 0 aliphatic heterocycles. The topological polar surface area (TPSA) is 47.3 Å². The lowest BCUT2D eigenvalue weighted by molar-refractivity contribution is 0.135. The van der Waals surface area contributed by atoms with E-state index in [2.05, 4.69) is 12.0 Å². The molecule has 3 heteroatoms. The lowest BCUT2D eigenvalue weighted by Gasteiger charge is -2.15. The van der Waals surface area contributed by atoms with Crippen molar-refractivity contribution < 1.29 is 4.74 Å². The fourth-order valence-electron chi connectivity index (χ4n) is 1.10. The molecular formula is C10H22N2O. The van der Waals surface area contributed by atoms with Gasteiger partial charge in [0, 0.05) is 19.3 Å². The van der Waals surface area contributed by atoms with Gasteiger partial charge in [-0.05, 0) is 33.1 Å². The molecule has 0 aromatic carbocycles. The third-order valence-electron chi connectivity index (χ3n) is 1.97. The minimum atomic E-state index is 0.350. The van der Waals surface area contributed by atoms with Gasteiger partial charge in [-0.25, -0.2) is 0 Å². The van der Waals surface area contributed by atoms with E-state index < -0.39 is 0 Å². The summed E-state index contributed by atoms with van der Waals surface area (Å²) in [5.74, 6) is 5.41. The van der Waals surface area contributed by atoms with Crippen molar-refractivity contribution in [1.29, 1.82) is 0 Å². The van der Waals surface area contributed by atoms with Gasteiger partial charge in [-0.15, -0.1) is 6.58 Å². The second-order valence-electron chi connectivity index (χ2n) is 3.34. The van der Waals surface area contributed by atoms with Crippen LogP contribution in [0.1, 0.15) is 33.1 Å². The number of rotatable bonds is 8. The van der Waals surface area contributed by atoms with E-state index >= 15 is 0 Å². The fraction of sp³-hybridized carbons (Fsp3) is 0.800. The van der Waals surface area contributed by atoms with Crippen LogP contribution in [0.3, 0.4) is 0 Å². The highest BCUT2D eigenvalue weighted by atomic mass is 16.5. The molecule has 0 aliphatic rings. The largest absolute Gasteiger partial charge is 0.382 e. The Morgan fingerprint density at radius 3 is 2.69 bits per heavy atom. The number of hydrazine groups is 1. The summed E-state index contributed by atoms with van der Waals surface area (Å²) in [7, 11) is 0. The molecule has 0 bridgehead atoms. The van der Waals surface area contributed by atoms with Crippen molar-refractivity contribution in [3.8, 4) is 0 Å². The maximum Gasteiger partial charge on any atom is 0.0481 e. The number of nitrogens with two attached hydrogens (primary N) is 1. The molecule has 78 valence electrons. The van der Waals surface area contributed by atoms with Crippen LogP contribution in [0.2, 0.25) is 0 Å². The second-order valence-corrected chi connectivity index (χ2v) is 3.34. The van der Waals surface area contributed by atoms with Crippen LogP contribution in [-0.2, 0) is 4.74 Å². The van der Waals surface area contributed by atoms with Gasteiger partial charge >= 0.3 is 0 Å². The summed E-state index contributed by atoms with van der Waals surface area (Å²) < 4.78 is 5.25. The fourth-order valence-corrected chi connectivity index (χ4v) is 1.10. The molecule has 0 amide bonds. The molecule has 3 N–H and O–H groups in total. The van der Waals surface area contributed by atoms with Crippen molar-refractivity contribution in [2.24, 2.45) is 5.84 Å². The highest BCUT2D eigenvalue weighted by Gasteiger charge is 2.05. The van der Waals surface area contributed by atoms with Gasteiger partial charge in [-0.2, -0.15) is 0 Å². The van der Waals surface area contributed by atoms with Gasteiger partial charge in [-0.1, -0.05) is 5.57 Å². The number of ether oxygens (including phenoxy) is 1. The normalized spacial score (nSPS) is 12.8. The van der Waals surface area contributed by atoms with Crippen molar-refractivity contribution in [3.05, 3.63) is 12.2 Å². The molecule has 3 nitrogen and oxygen atoms in total. The van der Waals surface area contributed by atoms with Gasteiger partial charge in [-0.3, -0.25) is 11.3 Å². The first-order valence-corrected chi connectivity index (χ1v) is 4.89. The Kier molecular flexibility index (Phi) is 7.99. The van der Waals surface area contributed by atoms with Gasteiger partial charge in [0.1, 0.15) is 0 Å². The Labute approximate surface area is 81.3 Å². The van der Waals surface area contributed by atoms with Crippen LogP contribution in [0.25, 0.3) is 0 Å². The summed E-state index contributed by atoms with van der Waals surface area (Å²) in [6, 6.07) is 0.350. The van der Waals surface area contributed by atoms with Crippen LogP contribution in [0, 0.1) is 0 Å². The molecule has 0 heterocycles. The molecule has 0 aliphatic carbocycles. The van der Waals surface area contributed by atoms with Crippen molar-refractivity contribution in [3.63, 3.8) is 0 Å². The predicted octanol–water partition coefficient (Wildman–Crippen LogP) is 1.60. The number of hydrogen-bond donors (Lipinski definition) is 2. The van der Waals surface area contributed by atoms with Crippen LogP contribution in [0.15, 0.2) is 12.2 Å². The van der Waals surface area contributed by atoms with Crippen LogP contribution < -0.4 is 11.3 Å². The van der Waals surface area contributed by atoms with Crippen LogP contribution in [-0.4, -0.2) is 19.3 Å². The van der Waals surface area contributed by atoms with E-state index in [9.17, 15) is 0 Å². The van der Waals surface area contributed by atoms with E-state index in [1.807, 2.05) is 13.8 Å². The summed E-state index contributed by atoms with van der Waals surface area (Å²) in [5, 5.41) is 0. The maximum atomic E-state index is 5.41. The third-order valence-corrected chi connectivity index (χ3v) is 1.97. The monoisotopic (exact) mass is 186 g/mol. The molecule has 0 radical (unpaired) electrons. The number of hydrogen-bond acceptors (Lipinski definition) is 3. The summed E-state index contributed by atoms with van der Waals surface area (Å²) in [6.07, 6.45) is 3.04. The molecule has 0 fully saturated rings. The van der Waals surface area contributed by atoms with Gasteiger partial charge in [0.05, 0.1) is 0 Å². The Hall–Kier alpha value is -0.380. The van der Waals surface area contributed by atoms with Gasteiger partial charge in [0.2, 0.25) is 0 Å². The zero-order chi connectivity index (χ0) is 10.1. The number of nitrogens with one attached hydrogen (secondary N) is 1. The molecular weight excluding hydrogens is 164 g/mol. The molecule has 0 saturated heterocycles. The van der Waals surface area contributed by atoms with E-state index in [4.69, 9.17) is 10.6 Å². The van der Waals surface area contributed by atoms with Crippen molar-refractivity contribution in [2.45, 2.75) is 39.2 Å². The van der Waals surface area contributed by atoms with E-state index in [1.54, 1.807) is 0 Å². The zero-order valence-electron chi connectivity index (χ0n) is 8.81. The van der Waals surface area contributed by atoms with Crippen LogP contribution in [0.4, 0.5) is 0 Å². The molecule has 1 unspecified atom stereocenters. The summed E-state index contributed by atoms with van der Waals surface area (Å²) in [4.78, 5) is 0. The van der Waals surface area contributed by atoms with Gasteiger partial charge in [0.25, 0.3) is 0 Å². The van der Waals surface area contributed by atoms with Crippen molar-refractivity contribution >= 4 is 0 Å². The Bertz CT molecular complexity index is 137. The Morgan fingerprint density at radius 2 is 2.23 bits per heavy atom. The quantitative estimate of drug-likeness (QED) is 0.262. The smallest absolute Gasteiger partial charge is 0.0481 e. The van der Waals surface area contributed by atoms with Gasteiger partial charge in [0.15, 0.2) is 0 Å². The molecule has 13 heavy (non-hydrogen) atoms. The first kappa shape index (κ1) is 12.6. The predicted molar refractivity (Wildman–Crippen MR) is 56.3 cm³/mol. The van der Waals surface area contributed by atoms with E-state index in [-0.39, 0.29) is 0 Å². The first-order chi connectivity index (χ1) is 6.20. The maximum absolute atomic E-state index is 5.41.